The molecule has 3 rings (SSSR count). The van der Waals surface area contributed by atoms with E-state index in [1.165, 1.54) is 12.8 Å². The van der Waals surface area contributed by atoms with Gasteiger partial charge in [-0.2, -0.15) is 4.31 Å². The SMILES string of the molecule is CCN(C1CC1)S(=O)(=O)c1ccc(CNC2CC2)cc1Br. The highest BCUT2D eigenvalue weighted by atomic mass is 79.9. The van der Waals surface area contributed by atoms with E-state index in [9.17, 15) is 8.42 Å². The zero-order valence-electron chi connectivity index (χ0n) is 12.2. The molecule has 21 heavy (non-hydrogen) atoms. The highest BCUT2D eigenvalue weighted by molar-refractivity contribution is 9.10. The maximum absolute atomic E-state index is 12.7. The number of halogens is 1. The molecule has 0 heterocycles. The summed E-state index contributed by atoms with van der Waals surface area (Å²) >= 11 is 3.44. The van der Waals surface area contributed by atoms with Crippen LogP contribution in [0.4, 0.5) is 0 Å². The minimum atomic E-state index is -3.39. The Hall–Kier alpha value is -0.430. The highest BCUT2D eigenvalue weighted by Gasteiger charge is 2.37. The van der Waals surface area contributed by atoms with Crippen LogP contribution in [0.15, 0.2) is 27.6 Å². The maximum Gasteiger partial charge on any atom is 0.244 e. The van der Waals surface area contributed by atoms with E-state index in [0.29, 0.717) is 22.0 Å². The molecule has 2 aliphatic carbocycles. The topological polar surface area (TPSA) is 49.4 Å². The van der Waals surface area contributed by atoms with Crippen molar-refractivity contribution < 1.29 is 8.42 Å². The van der Waals surface area contributed by atoms with E-state index in [0.717, 1.165) is 24.9 Å². The van der Waals surface area contributed by atoms with Gasteiger partial charge in [0.15, 0.2) is 0 Å². The van der Waals surface area contributed by atoms with E-state index >= 15 is 0 Å². The second kappa shape index (κ2) is 5.99. The number of benzene rings is 1. The van der Waals surface area contributed by atoms with E-state index in [2.05, 4.69) is 21.2 Å². The Morgan fingerprint density at radius 1 is 1.29 bits per heavy atom. The van der Waals surface area contributed by atoms with E-state index in [1.54, 1.807) is 10.4 Å². The van der Waals surface area contributed by atoms with Crippen molar-refractivity contribution in [3.63, 3.8) is 0 Å². The summed E-state index contributed by atoms with van der Waals surface area (Å²) in [5, 5.41) is 3.44. The molecule has 0 saturated heterocycles. The fourth-order valence-electron chi connectivity index (χ4n) is 2.53. The fraction of sp³-hybridized carbons (Fsp3) is 0.600. The Balaban J connectivity index is 1.80. The summed E-state index contributed by atoms with van der Waals surface area (Å²) in [6, 6.07) is 6.41. The third kappa shape index (κ3) is 3.50. The van der Waals surface area contributed by atoms with Gasteiger partial charge in [-0.25, -0.2) is 8.42 Å². The van der Waals surface area contributed by atoms with Crippen molar-refractivity contribution in [1.29, 1.82) is 0 Å². The zero-order valence-corrected chi connectivity index (χ0v) is 14.6. The van der Waals surface area contributed by atoms with Gasteiger partial charge in [0.1, 0.15) is 0 Å². The minimum absolute atomic E-state index is 0.197. The molecule has 0 bridgehead atoms. The van der Waals surface area contributed by atoms with Crippen LogP contribution >= 0.6 is 15.9 Å². The number of hydrogen-bond donors (Lipinski definition) is 1. The van der Waals surface area contributed by atoms with Gasteiger partial charge < -0.3 is 5.32 Å². The molecule has 0 unspecified atom stereocenters. The first-order valence-corrected chi connectivity index (χ1v) is 9.79. The Kier molecular flexibility index (Phi) is 4.41. The van der Waals surface area contributed by atoms with Crippen LogP contribution in [0.25, 0.3) is 0 Å². The minimum Gasteiger partial charge on any atom is -0.310 e. The van der Waals surface area contributed by atoms with Gasteiger partial charge in [-0.1, -0.05) is 13.0 Å². The number of rotatable bonds is 7. The van der Waals surface area contributed by atoms with Gasteiger partial charge in [-0.05, 0) is 59.3 Å². The number of hydrogen-bond acceptors (Lipinski definition) is 3. The Morgan fingerprint density at radius 3 is 2.52 bits per heavy atom. The van der Waals surface area contributed by atoms with Crippen LogP contribution < -0.4 is 5.32 Å². The average Bonchev–Trinajstić information content (AvgIpc) is 3.30. The summed E-state index contributed by atoms with van der Waals surface area (Å²) in [4.78, 5) is 0.381. The predicted molar refractivity (Wildman–Crippen MR) is 86.6 cm³/mol. The molecule has 6 heteroatoms. The monoisotopic (exact) mass is 372 g/mol. The van der Waals surface area contributed by atoms with Crippen molar-refractivity contribution >= 4 is 26.0 Å². The summed E-state index contributed by atoms with van der Waals surface area (Å²) in [6.07, 6.45) is 4.46. The van der Waals surface area contributed by atoms with Crippen LogP contribution in [0.2, 0.25) is 0 Å². The molecule has 0 aliphatic heterocycles. The van der Waals surface area contributed by atoms with Crippen molar-refractivity contribution in [2.45, 2.75) is 56.1 Å². The van der Waals surface area contributed by atoms with Crippen molar-refractivity contribution in [2.75, 3.05) is 6.54 Å². The Morgan fingerprint density at radius 2 is 2.00 bits per heavy atom. The molecule has 0 spiro atoms. The largest absolute Gasteiger partial charge is 0.310 e. The number of nitrogens with zero attached hydrogens (tertiary/aromatic N) is 1. The smallest absolute Gasteiger partial charge is 0.244 e. The summed E-state index contributed by atoms with van der Waals surface area (Å²) < 4.78 is 27.8. The van der Waals surface area contributed by atoms with Gasteiger partial charge in [-0.3, -0.25) is 0 Å². The van der Waals surface area contributed by atoms with Crippen molar-refractivity contribution in [1.82, 2.24) is 9.62 Å². The Labute approximate surface area is 135 Å². The van der Waals surface area contributed by atoms with E-state index < -0.39 is 10.0 Å². The standard InChI is InChI=1S/C15H21BrN2O2S/c1-2-18(13-6-7-13)21(19,20)15-8-3-11(9-14(15)16)10-17-12-4-5-12/h3,8-9,12-13,17H,2,4-7,10H2,1H3. The normalized spacial score (nSPS) is 19.2. The lowest BCUT2D eigenvalue weighted by Gasteiger charge is -2.21. The van der Waals surface area contributed by atoms with Gasteiger partial charge >= 0.3 is 0 Å². The van der Waals surface area contributed by atoms with E-state index in [4.69, 9.17) is 0 Å². The van der Waals surface area contributed by atoms with Gasteiger partial charge in [-0.15, -0.1) is 0 Å². The summed E-state index contributed by atoms with van der Waals surface area (Å²) in [5.41, 5.74) is 1.11. The molecule has 0 radical (unpaired) electrons. The van der Waals surface area contributed by atoms with Crippen molar-refractivity contribution in [3.05, 3.63) is 28.2 Å². The quantitative estimate of drug-likeness (QED) is 0.800. The van der Waals surface area contributed by atoms with Gasteiger partial charge in [0.2, 0.25) is 10.0 Å². The van der Waals surface area contributed by atoms with Gasteiger partial charge in [0, 0.05) is 29.6 Å². The summed E-state index contributed by atoms with van der Waals surface area (Å²) in [5.74, 6) is 0. The van der Waals surface area contributed by atoms with E-state index in [-0.39, 0.29) is 6.04 Å². The van der Waals surface area contributed by atoms with Crippen LogP contribution in [0.3, 0.4) is 0 Å². The second-order valence-corrected chi connectivity index (χ2v) is 8.57. The van der Waals surface area contributed by atoms with Crippen LogP contribution in [0, 0.1) is 0 Å². The number of sulfonamides is 1. The molecule has 4 nitrogen and oxygen atoms in total. The second-order valence-electron chi connectivity index (χ2n) is 5.86. The fourth-order valence-corrected chi connectivity index (χ4v) is 5.31. The van der Waals surface area contributed by atoms with Crippen LogP contribution in [0.5, 0.6) is 0 Å². The van der Waals surface area contributed by atoms with Crippen LogP contribution in [-0.2, 0) is 16.6 Å². The lowest BCUT2D eigenvalue weighted by molar-refractivity contribution is 0.420. The first kappa shape index (κ1) is 15.5. The maximum atomic E-state index is 12.7. The molecule has 2 fully saturated rings. The molecule has 1 N–H and O–H groups in total. The molecule has 116 valence electrons. The molecule has 0 amide bonds. The summed E-state index contributed by atoms with van der Waals surface area (Å²) in [7, 11) is -3.39. The van der Waals surface area contributed by atoms with Gasteiger partial charge in [0.25, 0.3) is 0 Å². The predicted octanol–water partition coefficient (Wildman–Crippen LogP) is 2.87. The Bertz CT molecular complexity index is 625. The van der Waals surface area contributed by atoms with Crippen LogP contribution in [0.1, 0.15) is 38.2 Å². The van der Waals surface area contributed by atoms with Crippen molar-refractivity contribution in [2.24, 2.45) is 0 Å². The molecule has 0 aromatic heterocycles. The molecular weight excluding hydrogens is 352 g/mol. The zero-order chi connectivity index (χ0) is 15.0. The molecule has 2 aliphatic rings. The summed E-state index contributed by atoms with van der Waals surface area (Å²) in [6.45, 7) is 3.23. The number of nitrogens with one attached hydrogen (secondary N) is 1. The molecule has 1 aromatic rings. The average molecular weight is 373 g/mol. The third-order valence-corrected chi connectivity index (χ3v) is 7.03. The van der Waals surface area contributed by atoms with E-state index in [1.807, 2.05) is 19.1 Å². The molecule has 0 atom stereocenters. The van der Waals surface area contributed by atoms with Gasteiger partial charge in [0.05, 0.1) is 4.90 Å². The van der Waals surface area contributed by atoms with Crippen LogP contribution in [-0.4, -0.2) is 31.4 Å². The first-order valence-electron chi connectivity index (χ1n) is 7.56. The third-order valence-electron chi connectivity index (χ3n) is 4.02. The lowest BCUT2D eigenvalue weighted by Crippen LogP contribution is -2.33. The lowest BCUT2D eigenvalue weighted by atomic mass is 10.2. The molecule has 1 aromatic carbocycles. The highest BCUT2D eigenvalue weighted by Crippen LogP contribution is 2.34. The first-order chi connectivity index (χ1) is 10.0. The molecule has 2 saturated carbocycles. The van der Waals surface area contributed by atoms with Crippen molar-refractivity contribution in [3.8, 4) is 0 Å². The molecular formula is C15H21BrN2O2S.